The second kappa shape index (κ2) is 10.5. The van der Waals surface area contributed by atoms with Crippen LogP contribution in [0.1, 0.15) is 51.4 Å². The summed E-state index contributed by atoms with van der Waals surface area (Å²) >= 11 is 1.38. The maximum absolute atomic E-state index is 12.6. The lowest BCUT2D eigenvalue weighted by Gasteiger charge is -2.18. The Hall–Kier alpha value is -3.07. The van der Waals surface area contributed by atoms with Gasteiger partial charge in [-0.05, 0) is 49.8 Å². The molecule has 1 aromatic heterocycles. The zero-order valence-corrected chi connectivity index (χ0v) is 19.4. The Kier molecular flexibility index (Phi) is 7.74. The number of carbonyl (C=O) groups excluding carboxylic acids is 3. The molecule has 32 heavy (non-hydrogen) atoms. The number of carbonyl (C=O) groups is 3. The van der Waals surface area contributed by atoms with E-state index in [0.29, 0.717) is 16.5 Å². The van der Waals surface area contributed by atoms with Crippen LogP contribution in [0.3, 0.4) is 0 Å². The van der Waals surface area contributed by atoms with Crippen molar-refractivity contribution in [2.75, 3.05) is 32.8 Å². The molecule has 0 aliphatic heterocycles. The summed E-state index contributed by atoms with van der Waals surface area (Å²) in [6, 6.07) is 4.88. The Bertz CT molecular complexity index is 992. The van der Waals surface area contributed by atoms with Crippen LogP contribution in [0.4, 0.5) is 5.00 Å². The summed E-state index contributed by atoms with van der Waals surface area (Å²) in [5, 5.41) is 3.15. The van der Waals surface area contributed by atoms with E-state index in [2.05, 4.69) is 12.2 Å². The summed E-state index contributed by atoms with van der Waals surface area (Å²) in [7, 11) is 2.85. The number of benzene rings is 1. The van der Waals surface area contributed by atoms with E-state index >= 15 is 0 Å². The monoisotopic (exact) mass is 461 g/mol. The number of anilines is 1. The molecule has 0 bridgehead atoms. The number of hydrogen-bond donors (Lipinski definition) is 1. The van der Waals surface area contributed by atoms with E-state index in [-0.39, 0.29) is 23.7 Å². The highest BCUT2D eigenvalue weighted by Gasteiger charge is 2.29. The van der Waals surface area contributed by atoms with Gasteiger partial charge >= 0.3 is 11.9 Å². The molecule has 1 aliphatic rings. The third kappa shape index (κ3) is 5.04. The molecule has 2 aromatic rings. The molecule has 1 N–H and O–H groups in total. The highest BCUT2D eigenvalue weighted by atomic mass is 32.1. The lowest BCUT2D eigenvalue weighted by atomic mass is 9.88. The van der Waals surface area contributed by atoms with Gasteiger partial charge < -0.3 is 24.3 Å². The first-order chi connectivity index (χ1) is 15.4. The number of rotatable bonds is 8. The first-order valence-corrected chi connectivity index (χ1v) is 11.2. The molecular formula is C23H27NO7S. The highest BCUT2D eigenvalue weighted by Crippen LogP contribution is 2.40. The average molecular weight is 462 g/mol. The summed E-state index contributed by atoms with van der Waals surface area (Å²) in [4.78, 5) is 38.8. The van der Waals surface area contributed by atoms with Crippen molar-refractivity contribution >= 4 is 34.2 Å². The molecule has 1 aliphatic carbocycles. The summed E-state index contributed by atoms with van der Waals surface area (Å²) in [5.41, 5.74) is 1.44. The Morgan fingerprint density at radius 1 is 1.06 bits per heavy atom. The molecule has 0 radical (unpaired) electrons. The number of nitrogens with one attached hydrogen (secondary N) is 1. The molecule has 1 atom stereocenters. The van der Waals surface area contributed by atoms with Gasteiger partial charge in [0.2, 0.25) is 0 Å². The van der Waals surface area contributed by atoms with Crippen LogP contribution < -0.4 is 14.8 Å². The van der Waals surface area contributed by atoms with Crippen molar-refractivity contribution in [1.29, 1.82) is 0 Å². The molecule has 1 unspecified atom stereocenters. The topological polar surface area (TPSA) is 100 Å². The molecule has 8 nitrogen and oxygen atoms in total. The van der Waals surface area contributed by atoms with E-state index in [0.717, 1.165) is 29.7 Å². The third-order valence-electron chi connectivity index (χ3n) is 5.21. The highest BCUT2D eigenvalue weighted by molar-refractivity contribution is 7.17. The van der Waals surface area contributed by atoms with Crippen LogP contribution in [-0.2, 0) is 27.1 Å². The molecule has 0 saturated carbocycles. The van der Waals surface area contributed by atoms with Crippen molar-refractivity contribution in [2.24, 2.45) is 5.92 Å². The van der Waals surface area contributed by atoms with Gasteiger partial charge in [0.05, 0.1) is 26.4 Å². The summed E-state index contributed by atoms with van der Waals surface area (Å²) < 4.78 is 20.8. The number of amides is 1. The maximum atomic E-state index is 12.6. The number of hydrogen-bond acceptors (Lipinski definition) is 8. The molecule has 3 rings (SSSR count). The average Bonchev–Trinajstić information content (AvgIpc) is 3.13. The fraction of sp³-hybridized carbons (Fsp3) is 0.435. The summed E-state index contributed by atoms with van der Waals surface area (Å²) in [6.07, 6.45) is 2.59. The third-order valence-corrected chi connectivity index (χ3v) is 6.38. The van der Waals surface area contributed by atoms with Gasteiger partial charge in [-0.2, -0.15) is 0 Å². The molecule has 9 heteroatoms. The van der Waals surface area contributed by atoms with Crippen LogP contribution in [0.15, 0.2) is 18.2 Å². The second-order valence-corrected chi connectivity index (χ2v) is 8.54. The van der Waals surface area contributed by atoms with Gasteiger partial charge in [-0.15, -0.1) is 11.3 Å². The van der Waals surface area contributed by atoms with Gasteiger partial charge in [0.25, 0.3) is 5.91 Å². The van der Waals surface area contributed by atoms with Crippen LogP contribution in [0.2, 0.25) is 0 Å². The van der Waals surface area contributed by atoms with Crippen molar-refractivity contribution in [3.05, 3.63) is 39.8 Å². The smallest absolute Gasteiger partial charge is 0.346 e. The molecule has 172 valence electrons. The van der Waals surface area contributed by atoms with Crippen molar-refractivity contribution in [3.63, 3.8) is 0 Å². The van der Waals surface area contributed by atoms with Gasteiger partial charge in [-0.25, -0.2) is 9.59 Å². The van der Waals surface area contributed by atoms with Gasteiger partial charge in [-0.3, -0.25) is 4.79 Å². The number of esters is 2. The molecule has 1 amide bonds. The van der Waals surface area contributed by atoms with Crippen molar-refractivity contribution in [3.8, 4) is 11.5 Å². The first-order valence-electron chi connectivity index (χ1n) is 10.4. The van der Waals surface area contributed by atoms with Gasteiger partial charge in [0.15, 0.2) is 6.61 Å². The van der Waals surface area contributed by atoms with Gasteiger partial charge in [0, 0.05) is 4.88 Å². The minimum absolute atomic E-state index is 0.0955. The van der Waals surface area contributed by atoms with E-state index in [9.17, 15) is 14.4 Å². The predicted molar refractivity (Wildman–Crippen MR) is 120 cm³/mol. The Morgan fingerprint density at radius 2 is 1.72 bits per heavy atom. The van der Waals surface area contributed by atoms with Crippen LogP contribution in [0.25, 0.3) is 0 Å². The zero-order valence-electron chi connectivity index (χ0n) is 18.6. The molecule has 1 heterocycles. The standard InChI is InChI=1S/C23H27NO7S/c1-5-30-22(26)19-14-10-9-13(2)11-17(14)32-21(19)24-18(25)12-31-23(27)20-15(28-3)7-6-8-16(20)29-4/h6-8,13H,5,9-12H2,1-4H3,(H,24,25). The fourth-order valence-electron chi connectivity index (χ4n) is 3.68. The lowest BCUT2D eigenvalue weighted by molar-refractivity contribution is -0.119. The first kappa shape index (κ1) is 23.6. The maximum Gasteiger partial charge on any atom is 0.346 e. The molecule has 0 saturated heterocycles. The minimum Gasteiger partial charge on any atom is -0.496 e. The number of methoxy groups -OCH3 is 2. The second-order valence-electron chi connectivity index (χ2n) is 7.44. The SMILES string of the molecule is CCOC(=O)c1c(NC(=O)COC(=O)c2c(OC)cccc2OC)sc2c1CCC(C)C2. The van der Waals surface area contributed by atoms with Crippen molar-refractivity contribution in [1.82, 2.24) is 0 Å². The number of thiophene rings is 1. The normalized spacial score (nSPS) is 14.8. The molecule has 0 spiro atoms. The predicted octanol–water partition coefficient (Wildman–Crippen LogP) is 3.86. The Balaban J connectivity index is 1.74. The van der Waals surface area contributed by atoms with Crippen LogP contribution in [0, 0.1) is 5.92 Å². The van der Waals surface area contributed by atoms with E-state index in [4.69, 9.17) is 18.9 Å². The zero-order chi connectivity index (χ0) is 23.3. The summed E-state index contributed by atoms with van der Waals surface area (Å²) in [6.45, 7) is 3.62. The lowest BCUT2D eigenvalue weighted by Crippen LogP contribution is -2.22. The quantitative estimate of drug-likeness (QED) is 0.596. The van der Waals surface area contributed by atoms with Crippen molar-refractivity contribution < 1.29 is 33.3 Å². The number of ether oxygens (including phenoxy) is 4. The van der Waals surface area contributed by atoms with Crippen molar-refractivity contribution in [2.45, 2.75) is 33.1 Å². The van der Waals surface area contributed by atoms with Crippen LogP contribution >= 0.6 is 11.3 Å². The van der Waals surface area contributed by atoms with E-state index in [1.165, 1.54) is 25.6 Å². The minimum atomic E-state index is -0.751. The number of fused-ring (bicyclic) bond motifs is 1. The van der Waals surface area contributed by atoms with E-state index in [1.54, 1.807) is 25.1 Å². The Morgan fingerprint density at radius 3 is 2.34 bits per heavy atom. The largest absolute Gasteiger partial charge is 0.496 e. The molecule has 0 fully saturated rings. The van der Waals surface area contributed by atoms with E-state index < -0.39 is 24.5 Å². The van der Waals surface area contributed by atoms with Crippen LogP contribution in [-0.4, -0.2) is 45.3 Å². The Labute approximate surface area is 190 Å². The summed E-state index contributed by atoms with van der Waals surface area (Å²) in [5.74, 6) is -0.690. The van der Waals surface area contributed by atoms with Crippen LogP contribution in [0.5, 0.6) is 11.5 Å². The van der Waals surface area contributed by atoms with E-state index in [1.807, 2.05) is 0 Å². The fourth-order valence-corrected chi connectivity index (χ4v) is 5.09. The van der Waals surface area contributed by atoms with Gasteiger partial charge in [-0.1, -0.05) is 13.0 Å². The molecule has 1 aromatic carbocycles. The van der Waals surface area contributed by atoms with Gasteiger partial charge in [0.1, 0.15) is 22.1 Å². The molecular weight excluding hydrogens is 434 g/mol.